The van der Waals surface area contributed by atoms with Crippen molar-refractivity contribution in [1.29, 1.82) is 0 Å². The first-order valence-corrected chi connectivity index (χ1v) is 12.1. The minimum absolute atomic E-state index is 0.270. The lowest BCUT2D eigenvalue weighted by atomic mass is 10.0. The van der Waals surface area contributed by atoms with Gasteiger partial charge >= 0.3 is 6.18 Å². The fourth-order valence-corrected chi connectivity index (χ4v) is 4.55. The molecule has 0 spiro atoms. The number of methoxy groups -OCH3 is 1. The number of nitrogens with zero attached hydrogens (tertiary/aromatic N) is 3. The molecule has 4 aromatic rings. The number of ether oxygens (including phenoxy) is 2. The largest absolute Gasteiger partial charge is 0.493 e. The molecule has 192 valence electrons. The number of halogens is 3. The maximum Gasteiger partial charge on any atom is 0.416 e. The third-order valence-electron chi connectivity index (χ3n) is 6.59. The van der Waals surface area contributed by atoms with Crippen LogP contribution in [-0.4, -0.2) is 47.8 Å². The number of aromatic nitrogens is 2. The van der Waals surface area contributed by atoms with Crippen molar-refractivity contribution in [2.75, 3.05) is 33.4 Å². The molecule has 1 saturated heterocycles. The van der Waals surface area contributed by atoms with Crippen molar-refractivity contribution in [2.45, 2.75) is 19.0 Å². The van der Waals surface area contributed by atoms with Crippen LogP contribution in [0.5, 0.6) is 11.5 Å². The Bertz CT molecular complexity index is 1460. The average molecular weight is 510 g/mol. The van der Waals surface area contributed by atoms with E-state index >= 15 is 0 Å². The number of fused-ring (bicyclic) bond motifs is 1. The van der Waals surface area contributed by atoms with Gasteiger partial charge in [-0.1, -0.05) is 18.2 Å². The summed E-state index contributed by atoms with van der Waals surface area (Å²) < 4.78 is 51.5. The Kier molecular flexibility index (Phi) is 6.88. The van der Waals surface area contributed by atoms with Crippen molar-refractivity contribution in [3.63, 3.8) is 0 Å². The highest BCUT2D eigenvalue weighted by Gasteiger charge is 2.30. The van der Waals surface area contributed by atoms with Crippen molar-refractivity contribution < 1.29 is 22.6 Å². The standard InChI is InChI=1S/C28H26F3N3O3/c1-36-26-17-22(9-11-25(26)37-15-14-33-12-2-3-13-33)34-18-32-24-16-20(6-10-23(24)27(34)35)19-4-7-21(8-5-19)28(29,30)31/h4-11,16-18H,2-3,12-15H2,1H3. The minimum Gasteiger partial charge on any atom is -0.493 e. The lowest BCUT2D eigenvalue weighted by Gasteiger charge is -2.17. The van der Waals surface area contributed by atoms with E-state index in [0.29, 0.717) is 45.8 Å². The molecule has 0 atom stereocenters. The molecule has 0 saturated carbocycles. The van der Waals surface area contributed by atoms with E-state index in [9.17, 15) is 18.0 Å². The number of rotatable bonds is 7. The molecule has 0 unspecified atom stereocenters. The van der Waals surface area contributed by atoms with E-state index < -0.39 is 11.7 Å². The van der Waals surface area contributed by atoms with Crippen LogP contribution in [-0.2, 0) is 6.18 Å². The maximum absolute atomic E-state index is 13.3. The normalized spacial score (nSPS) is 14.3. The summed E-state index contributed by atoms with van der Waals surface area (Å²) in [7, 11) is 1.55. The molecule has 0 aliphatic carbocycles. The van der Waals surface area contributed by atoms with Crippen LogP contribution in [0.4, 0.5) is 13.2 Å². The molecule has 0 radical (unpaired) electrons. The first-order valence-electron chi connectivity index (χ1n) is 12.1. The lowest BCUT2D eigenvalue weighted by molar-refractivity contribution is -0.137. The fraction of sp³-hybridized carbons (Fsp3) is 0.286. The van der Waals surface area contributed by atoms with Crippen molar-refractivity contribution in [2.24, 2.45) is 0 Å². The molecule has 1 fully saturated rings. The van der Waals surface area contributed by atoms with Gasteiger partial charge < -0.3 is 9.47 Å². The number of alkyl halides is 3. The topological polar surface area (TPSA) is 56.6 Å². The number of benzene rings is 3. The highest BCUT2D eigenvalue weighted by molar-refractivity contribution is 5.83. The fourth-order valence-electron chi connectivity index (χ4n) is 4.55. The van der Waals surface area contributed by atoms with Crippen molar-refractivity contribution in [3.8, 4) is 28.3 Å². The van der Waals surface area contributed by atoms with E-state index in [0.717, 1.165) is 31.8 Å². The highest BCUT2D eigenvalue weighted by atomic mass is 19.4. The predicted octanol–water partition coefficient (Wildman–Crippen LogP) is 5.55. The van der Waals surface area contributed by atoms with Crippen molar-refractivity contribution in [1.82, 2.24) is 14.5 Å². The monoisotopic (exact) mass is 509 g/mol. The third kappa shape index (κ3) is 5.32. The Labute approximate surface area is 211 Å². The van der Waals surface area contributed by atoms with Crippen molar-refractivity contribution in [3.05, 3.63) is 82.9 Å². The van der Waals surface area contributed by atoms with E-state index in [4.69, 9.17) is 9.47 Å². The summed E-state index contributed by atoms with van der Waals surface area (Å²) >= 11 is 0. The predicted molar refractivity (Wildman–Crippen MR) is 135 cm³/mol. The molecule has 1 aliphatic heterocycles. The van der Waals surface area contributed by atoms with Gasteiger partial charge in [0, 0.05) is 12.6 Å². The Hall–Kier alpha value is -3.85. The minimum atomic E-state index is -4.39. The van der Waals surface area contributed by atoms with E-state index in [1.807, 2.05) is 0 Å². The molecular weight excluding hydrogens is 483 g/mol. The van der Waals surface area contributed by atoms with Gasteiger partial charge in [0.2, 0.25) is 0 Å². The number of hydrogen-bond acceptors (Lipinski definition) is 5. The summed E-state index contributed by atoms with van der Waals surface area (Å²) in [5.74, 6) is 1.12. The zero-order chi connectivity index (χ0) is 26.0. The second-order valence-electron chi connectivity index (χ2n) is 8.96. The maximum atomic E-state index is 13.3. The molecule has 1 aromatic heterocycles. The van der Waals surface area contributed by atoms with Crippen LogP contribution in [0.1, 0.15) is 18.4 Å². The average Bonchev–Trinajstić information content (AvgIpc) is 3.42. The molecule has 0 bridgehead atoms. The van der Waals surface area contributed by atoms with Crippen LogP contribution in [0.2, 0.25) is 0 Å². The Morgan fingerprint density at radius 1 is 0.919 bits per heavy atom. The van der Waals surface area contributed by atoms with Gasteiger partial charge in [-0.05, 0) is 73.5 Å². The van der Waals surface area contributed by atoms with Crippen LogP contribution in [0.3, 0.4) is 0 Å². The van der Waals surface area contributed by atoms with Gasteiger partial charge in [0.15, 0.2) is 11.5 Å². The van der Waals surface area contributed by atoms with Gasteiger partial charge in [0.25, 0.3) is 5.56 Å². The van der Waals surface area contributed by atoms with Crippen LogP contribution in [0, 0.1) is 0 Å². The summed E-state index contributed by atoms with van der Waals surface area (Å²) in [6, 6.07) is 15.2. The van der Waals surface area contributed by atoms with Crippen LogP contribution in [0.25, 0.3) is 27.7 Å². The van der Waals surface area contributed by atoms with Crippen LogP contribution in [0.15, 0.2) is 71.8 Å². The van der Waals surface area contributed by atoms with E-state index in [2.05, 4.69) is 9.88 Å². The van der Waals surface area contributed by atoms with Crippen LogP contribution >= 0.6 is 0 Å². The van der Waals surface area contributed by atoms with Gasteiger partial charge in [-0.25, -0.2) is 4.98 Å². The molecular formula is C28H26F3N3O3. The third-order valence-corrected chi connectivity index (χ3v) is 6.59. The quantitative estimate of drug-likeness (QED) is 0.327. The summed E-state index contributed by atoms with van der Waals surface area (Å²) in [6.07, 6.45) is -0.509. The van der Waals surface area contributed by atoms with Gasteiger partial charge in [-0.3, -0.25) is 14.3 Å². The lowest BCUT2D eigenvalue weighted by Crippen LogP contribution is -2.25. The molecule has 2 heterocycles. The molecule has 6 nitrogen and oxygen atoms in total. The van der Waals surface area contributed by atoms with Gasteiger partial charge in [-0.2, -0.15) is 13.2 Å². The summed E-state index contributed by atoms with van der Waals surface area (Å²) in [6.45, 7) is 3.61. The molecule has 5 rings (SSSR count). The zero-order valence-electron chi connectivity index (χ0n) is 20.3. The Morgan fingerprint density at radius 3 is 2.35 bits per heavy atom. The Morgan fingerprint density at radius 2 is 1.65 bits per heavy atom. The van der Waals surface area contributed by atoms with Gasteiger partial charge in [0.1, 0.15) is 12.9 Å². The van der Waals surface area contributed by atoms with E-state index in [1.165, 1.54) is 35.9 Å². The van der Waals surface area contributed by atoms with Gasteiger partial charge in [0.05, 0.1) is 29.3 Å². The first-order chi connectivity index (χ1) is 17.8. The zero-order valence-corrected chi connectivity index (χ0v) is 20.3. The second-order valence-corrected chi connectivity index (χ2v) is 8.96. The first kappa shape index (κ1) is 24.8. The Balaban J connectivity index is 1.38. The smallest absolute Gasteiger partial charge is 0.416 e. The van der Waals surface area contributed by atoms with Crippen LogP contribution < -0.4 is 15.0 Å². The summed E-state index contributed by atoms with van der Waals surface area (Å²) in [5.41, 5.74) is 1.32. The van der Waals surface area contributed by atoms with E-state index in [-0.39, 0.29) is 5.56 Å². The second kappa shape index (κ2) is 10.3. The molecule has 0 N–H and O–H groups in total. The molecule has 3 aromatic carbocycles. The number of hydrogen-bond donors (Lipinski definition) is 0. The number of likely N-dealkylation sites (tertiary alicyclic amines) is 1. The van der Waals surface area contributed by atoms with E-state index in [1.54, 1.807) is 43.5 Å². The summed E-state index contributed by atoms with van der Waals surface area (Å²) in [4.78, 5) is 20.1. The highest BCUT2D eigenvalue weighted by Crippen LogP contribution is 2.32. The van der Waals surface area contributed by atoms with Crippen molar-refractivity contribution >= 4 is 10.9 Å². The molecule has 0 amide bonds. The SMILES string of the molecule is COc1cc(-n2cnc3cc(-c4ccc(C(F)(F)F)cc4)ccc3c2=O)ccc1OCCN1CCCC1. The van der Waals surface area contributed by atoms with Gasteiger partial charge in [-0.15, -0.1) is 0 Å². The molecule has 37 heavy (non-hydrogen) atoms. The molecule has 1 aliphatic rings. The molecule has 9 heteroatoms. The summed E-state index contributed by atoms with van der Waals surface area (Å²) in [5, 5.41) is 0.392.